The molecule has 0 fully saturated rings. The summed E-state index contributed by atoms with van der Waals surface area (Å²) in [5.41, 5.74) is 4.45. The first-order valence-electron chi connectivity index (χ1n) is 11.5. The second-order valence-corrected chi connectivity index (χ2v) is 8.77. The Morgan fingerprint density at radius 1 is 1.03 bits per heavy atom. The maximum absolute atomic E-state index is 13.1. The first kappa shape index (κ1) is 24.7. The molecule has 1 unspecified atom stereocenters. The number of halogens is 1. The van der Waals surface area contributed by atoms with Gasteiger partial charge in [-0.1, -0.05) is 41.9 Å². The minimum atomic E-state index is -0.448. The van der Waals surface area contributed by atoms with Gasteiger partial charge in [0, 0.05) is 16.6 Å². The summed E-state index contributed by atoms with van der Waals surface area (Å²) in [5.74, 6) is -1.50. The molecule has 0 spiro atoms. The molecule has 0 saturated carbocycles. The number of benzene rings is 2. The predicted octanol–water partition coefficient (Wildman–Crippen LogP) is 4.45. The molecule has 1 atom stereocenters. The van der Waals surface area contributed by atoms with Gasteiger partial charge in [0.1, 0.15) is 0 Å². The molecule has 182 valence electrons. The van der Waals surface area contributed by atoms with Crippen LogP contribution in [0.3, 0.4) is 0 Å². The van der Waals surface area contributed by atoms with Gasteiger partial charge in [-0.3, -0.25) is 14.5 Å². The minimum Gasteiger partial charge on any atom is -0.463 e. The Balaban J connectivity index is 1.54. The Morgan fingerprint density at radius 2 is 1.66 bits per heavy atom. The second-order valence-electron chi connectivity index (χ2n) is 8.36. The van der Waals surface area contributed by atoms with Crippen molar-refractivity contribution in [3.63, 3.8) is 0 Å². The van der Waals surface area contributed by atoms with Gasteiger partial charge < -0.3 is 14.8 Å². The Bertz CT molecular complexity index is 1210. The molecule has 0 bridgehead atoms. The number of esters is 1. The number of amides is 2. The van der Waals surface area contributed by atoms with Crippen molar-refractivity contribution in [1.29, 1.82) is 0 Å². The third kappa shape index (κ3) is 4.74. The molecule has 7 nitrogen and oxygen atoms in total. The molecule has 0 aliphatic carbocycles. The quantitative estimate of drug-likeness (QED) is 0.331. The third-order valence-electron chi connectivity index (χ3n) is 6.27. The number of ether oxygens (including phenoxy) is 2. The van der Waals surface area contributed by atoms with E-state index >= 15 is 0 Å². The molecule has 0 radical (unpaired) electrons. The van der Waals surface area contributed by atoms with Gasteiger partial charge in [0.15, 0.2) is 0 Å². The van der Waals surface area contributed by atoms with Crippen LogP contribution in [-0.2, 0) is 14.3 Å². The van der Waals surface area contributed by atoms with E-state index in [-0.39, 0.29) is 44.1 Å². The normalized spacial score (nSPS) is 17.6. The average Bonchev–Trinajstić information content (AvgIpc) is 3.09. The summed E-state index contributed by atoms with van der Waals surface area (Å²) < 4.78 is 11.2. The fourth-order valence-electron chi connectivity index (χ4n) is 4.43. The molecule has 2 aliphatic rings. The Hall–Kier alpha value is -3.42. The summed E-state index contributed by atoms with van der Waals surface area (Å²) >= 11 is 6.51. The van der Waals surface area contributed by atoms with Crippen molar-refractivity contribution in [2.75, 3.05) is 26.4 Å². The fourth-order valence-corrected chi connectivity index (χ4v) is 4.68. The van der Waals surface area contributed by atoms with E-state index in [0.29, 0.717) is 27.4 Å². The number of allylic oxidation sites excluding steroid dienone is 2. The maximum atomic E-state index is 13.1. The zero-order valence-electron chi connectivity index (χ0n) is 19.9. The molecule has 35 heavy (non-hydrogen) atoms. The van der Waals surface area contributed by atoms with Crippen LogP contribution in [0.15, 0.2) is 71.1 Å². The number of fused-ring (bicyclic) bond motifs is 1. The van der Waals surface area contributed by atoms with Crippen LogP contribution < -0.4 is 5.32 Å². The number of imide groups is 1. The standard InChI is InChI=1S/C27H27ClN2O5/c1-4-35-27(33)24-22(29-17(3)16(2)23(24)20-11-7-8-12-21(20)28)15-34-14-13-30-25(31)18-9-5-6-10-19(18)26(30)32/h5-12,23,29H,4,13-15H2,1-3H3. The van der Waals surface area contributed by atoms with Gasteiger partial charge in [0.2, 0.25) is 0 Å². The second kappa shape index (κ2) is 10.5. The van der Waals surface area contributed by atoms with Crippen LogP contribution in [-0.4, -0.2) is 49.0 Å². The lowest BCUT2D eigenvalue weighted by Gasteiger charge is -2.31. The molecule has 2 aromatic carbocycles. The molecule has 1 N–H and O–H groups in total. The van der Waals surface area contributed by atoms with Gasteiger partial charge in [-0.25, -0.2) is 4.79 Å². The van der Waals surface area contributed by atoms with Crippen molar-refractivity contribution in [3.05, 3.63) is 92.8 Å². The van der Waals surface area contributed by atoms with Crippen LogP contribution in [0.1, 0.15) is 53.0 Å². The van der Waals surface area contributed by atoms with E-state index in [1.165, 1.54) is 4.90 Å². The SMILES string of the molecule is CCOC(=O)C1=C(COCCN2C(=O)c3ccccc3C2=O)NC(C)=C(C)C1c1ccccc1Cl. The summed E-state index contributed by atoms with van der Waals surface area (Å²) in [4.78, 5) is 39.4. The lowest BCUT2D eigenvalue weighted by atomic mass is 9.81. The summed E-state index contributed by atoms with van der Waals surface area (Å²) in [7, 11) is 0. The smallest absolute Gasteiger partial charge is 0.336 e. The van der Waals surface area contributed by atoms with Crippen LogP contribution in [0.2, 0.25) is 5.02 Å². The van der Waals surface area contributed by atoms with Crippen molar-refractivity contribution in [3.8, 4) is 0 Å². The first-order chi connectivity index (χ1) is 16.8. The maximum Gasteiger partial charge on any atom is 0.336 e. The molecule has 8 heteroatoms. The molecule has 2 amide bonds. The topological polar surface area (TPSA) is 84.9 Å². The third-order valence-corrected chi connectivity index (χ3v) is 6.62. The van der Waals surface area contributed by atoms with Gasteiger partial charge >= 0.3 is 5.97 Å². The number of hydrogen-bond acceptors (Lipinski definition) is 6. The highest BCUT2D eigenvalue weighted by Gasteiger charge is 2.36. The largest absolute Gasteiger partial charge is 0.463 e. The summed E-state index contributed by atoms with van der Waals surface area (Å²) in [5, 5.41) is 3.83. The molecular weight excluding hydrogens is 468 g/mol. The monoisotopic (exact) mass is 494 g/mol. The number of carbonyl (C=O) groups excluding carboxylic acids is 3. The van der Waals surface area contributed by atoms with Crippen molar-refractivity contribution >= 4 is 29.4 Å². The highest BCUT2D eigenvalue weighted by molar-refractivity contribution is 6.31. The number of nitrogens with zero attached hydrogens (tertiary/aromatic N) is 1. The molecule has 2 aliphatic heterocycles. The van der Waals surface area contributed by atoms with Crippen LogP contribution >= 0.6 is 11.6 Å². The lowest BCUT2D eigenvalue weighted by Crippen LogP contribution is -2.34. The number of carbonyl (C=O) groups is 3. The van der Waals surface area contributed by atoms with Crippen LogP contribution in [0.4, 0.5) is 0 Å². The summed E-state index contributed by atoms with van der Waals surface area (Å²) in [6.07, 6.45) is 0. The molecule has 0 saturated heterocycles. The van der Waals surface area contributed by atoms with E-state index in [1.54, 1.807) is 37.3 Å². The summed E-state index contributed by atoms with van der Waals surface area (Å²) in [6, 6.07) is 14.2. The molecule has 2 heterocycles. The lowest BCUT2D eigenvalue weighted by molar-refractivity contribution is -0.139. The van der Waals surface area contributed by atoms with Crippen molar-refractivity contribution in [2.45, 2.75) is 26.7 Å². The van der Waals surface area contributed by atoms with Gasteiger partial charge in [-0.15, -0.1) is 0 Å². The predicted molar refractivity (Wildman–Crippen MR) is 132 cm³/mol. The average molecular weight is 495 g/mol. The van der Waals surface area contributed by atoms with Gasteiger partial charge in [-0.2, -0.15) is 0 Å². The van der Waals surface area contributed by atoms with Crippen LogP contribution in [0.25, 0.3) is 0 Å². The number of nitrogens with one attached hydrogen (secondary N) is 1. The summed E-state index contributed by atoms with van der Waals surface area (Å²) in [6.45, 7) is 6.16. The van der Waals surface area contributed by atoms with Crippen molar-refractivity contribution in [2.24, 2.45) is 0 Å². The highest BCUT2D eigenvalue weighted by Crippen LogP contribution is 2.41. The zero-order chi connectivity index (χ0) is 25.1. The van der Waals surface area contributed by atoms with E-state index in [4.69, 9.17) is 21.1 Å². The number of hydrogen-bond donors (Lipinski definition) is 1. The van der Waals surface area contributed by atoms with E-state index < -0.39 is 5.97 Å². The van der Waals surface area contributed by atoms with E-state index in [9.17, 15) is 14.4 Å². The Labute approximate surface area is 209 Å². The molecule has 0 aromatic heterocycles. The number of rotatable bonds is 8. The van der Waals surface area contributed by atoms with Gasteiger partial charge in [0.05, 0.1) is 48.8 Å². The minimum absolute atomic E-state index is 0.0723. The van der Waals surface area contributed by atoms with Crippen molar-refractivity contribution in [1.82, 2.24) is 10.2 Å². The Kier molecular flexibility index (Phi) is 7.38. The molecule has 2 aromatic rings. The van der Waals surface area contributed by atoms with Gasteiger partial charge in [0.25, 0.3) is 11.8 Å². The van der Waals surface area contributed by atoms with Crippen LogP contribution in [0, 0.1) is 0 Å². The Morgan fingerprint density at radius 3 is 2.29 bits per heavy atom. The highest BCUT2D eigenvalue weighted by atomic mass is 35.5. The van der Waals surface area contributed by atoms with Gasteiger partial charge in [-0.05, 0) is 50.1 Å². The molecule has 4 rings (SSSR count). The van der Waals surface area contributed by atoms with E-state index in [1.807, 2.05) is 32.0 Å². The zero-order valence-corrected chi connectivity index (χ0v) is 20.6. The first-order valence-corrected chi connectivity index (χ1v) is 11.8. The van der Waals surface area contributed by atoms with E-state index in [0.717, 1.165) is 16.8 Å². The van der Waals surface area contributed by atoms with Crippen LogP contribution in [0.5, 0.6) is 0 Å². The molecular formula is C27H27ClN2O5. The van der Waals surface area contributed by atoms with E-state index in [2.05, 4.69) is 5.32 Å². The fraction of sp³-hybridized carbons (Fsp3) is 0.296. The number of dihydropyridines is 1. The van der Waals surface area contributed by atoms with Crippen molar-refractivity contribution < 1.29 is 23.9 Å².